The fraction of sp³-hybridized carbons (Fsp3) is 0.389. The number of hydrogen-bond acceptors (Lipinski definition) is 5. The highest BCUT2D eigenvalue weighted by atomic mass is 35.5. The highest BCUT2D eigenvalue weighted by Gasteiger charge is 2.29. The molecule has 0 atom stereocenters. The van der Waals surface area contributed by atoms with Crippen LogP contribution in [0.4, 0.5) is 10.1 Å². The fourth-order valence-corrected chi connectivity index (χ4v) is 3.09. The summed E-state index contributed by atoms with van der Waals surface area (Å²) >= 11 is 7.24. The number of aliphatic imine (C=N–C) groups is 1. The van der Waals surface area contributed by atoms with Gasteiger partial charge >= 0.3 is 0 Å². The van der Waals surface area contributed by atoms with E-state index in [4.69, 9.17) is 16.3 Å². The number of hydrogen-bond donors (Lipinski definition) is 0. The van der Waals surface area contributed by atoms with Crippen molar-refractivity contribution in [1.82, 2.24) is 9.27 Å². The molecule has 0 fully saturated rings. The van der Waals surface area contributed by atoms with Crippen LogP contribution in [0.25, 0.3) is 0 Å². The summed E-state index contributed by atoms with van der Waals surface area (Å²) in [6.45, 7) is 7.41. The molecule has 0 aliphatic rings. The third-order valence-electron chi connectivity index (χ3n) is 3.68. The van der Waals surface area contributed by atoms with Crippen LogP contribution in [0.15, 0.2) is 17.1 Å². The van der Waals surface area contributed by atoms with Crippen LogP contribution in [0.1, 0.15) is 37.6 Å². The van der Waals surface area contributed by atoms with Crippen molar-refractivity contribution >= 4 is 35.2 Å². The van der Waals surface area contributed by atoms with Gasteiger partial charge in [-0.05, 0) is 39.3 Å². The molecule has 8 heteroatoms. The molecule has 0 spiro atoms. The fourth-order valence-electron chi connectivity index (χ4n) is 2.05. The quantitative estimate of drug-likeness (QED) is 0.473. The van der Waals surface area contributed by atoms with Gasteiger partial charge in [0.15, 0.2) is 0 Å². The van der Waals surface area contributed by atoms with E-state index in [0.29, 0.717) is 16.5 Å². The number of aromatic nitrogens is 1. The number of ether oxygens (including phenoxy) is 1. The minimum absolute atomic E-state index is 0.0765. The Morgan fingerprint density at radius 2 is 2.19 bits per heavy atom. The topological polar surface area (TPSA) is 61.5 Å². The third-order valence-corrected chi connectivity index (χ3v) is 4.71. The van der Waals surface area contributed by atoms with Crippen molar-refractivity contribution in [2.75, 3.05) is 13.6 Å². The molecule has 0 unspecified atom stereocenters. The van der Waals surface area contributed by atoms with Crippen LogP contribution in [-0.4, -0.2) is 29.2 Å². The van der Waals surface area contributed by atoms with Gasteiger partial charge in [0.2, 0.25) is 5.06 Å². The summed E-state index contributed by atoms with van der Waals surface area (Å²) in [5.74, 6) is 0.473. The zero-order chi connectivity index (χ0) is 19.5. The molecule has 0 radical (unpaired) electrons. The number of halogens is 2. The molecule has 5 nitrogen and oxygen atoms in total. The van der Waals surface area contributed by atoms with Crippen molar-refractivity contribution in [2.24, 2.45) is 4.99 Å². The van der Waals surface area contributed by atoms with Gasteiger partial charge < -0.3 is 9.64 Å². The van der Waals surface area contributed by atoms with Crippen molar-refractivity contribution in [1.29, 1.82) is 5.26 Å². The summed E-state index contributed by atoms with van der Waals surface area (Å²) in [6, 6.07) is 5.41. The summed E-state index contributed by atoms with van der Waals surface area (Å²) in [6.07, 6.45) is 1.70. The van der Waals surface area contributed by atoms with Gasteiger partial charge in [0.1, 0.15) is 28.7 Å². The lowest BCUT2D eigenvalue weighted by molar-refractivity contribution is 0.215. The lowest BCUT2D eigenvalue weighted by Crippen LogP contribution is -2.14. The lowest BCUT2D eigenvalue weighted by Gasteiger charge is -2.12. The maximum atomic E-state index is 14.2. The molecule has 0 N–H and O–H groups in total. The Labute approximate surface area is 161 Å². The highest BCUT2D eigenvalue weighted by molar-refractivity contribution is 7.08. The van der Waals surface area contributed by atoms with E-state index in [0.717, 1.165) is 23.6 Å². The van der Waals surface area contributed by atoms with Gasteiger partial charge in [-0.15, -0.1) is 0 Å². The Kier molecular flexibility index (Phi) is 6.21. The molecule has 1 aromatic carbocycles. The SMILES string of the molecule is CCN(C)/C=N\c1cc(C)c(Oc2snc(C(C)(C)F)c2C#N)cc1Cl. The Morgan fingerprint density at radius 3 is 2.77 bits per heavy atom. The Bertz CT molecular complexity index is 867. The second-order valence-electron chi connectivity index (χ2n) is 6.27. The number of rotatable bonds is 6. The highest BCUT2D eigenvalue weighted by Crippen LogP contribution is 2.40. The molecule has 138 valence electrons. The van der Waals surface area contributed by atoms with Gasteiger partial charge in [-0.1, -0.05) is 11.6 Å². The Morgan fingerprint density at radius 1 is 1.50 bits per heavy atom. The Hall–Kier alpha value is -2.17. The minimum atomic E-state index is -1.72. The predicted octanol–water partition coefficient (Wildman–Crippen LogP) is 5.59. The number of aryl methyl sites for hydroxylation is 1. The van der Waals surface area contributed by atoms with Crippen LogP contribution in [-0.2, 0) is 5.67 Å². The summed E-state index contributed by atoms with van der Waals surface area (Å²) in [7, 11) is 1.92. The number of nitrogens with zero attached hydrogens (tertiary/aromatic N) is 4. The number of nitriles is 1. The average molecular weight is 395 g/mol. The van der Waals surface area contributed by atoms with E-state index in [9.17, 15) is 9.65 Å². The van der Waals surface area contributed by atoms with Crippen LogP contribution in [0.3, 0.4) is 0 Å². The first kappa shape index (κ1) is 20.1. The summed E-state index contributed by atoms with van der Waals surface area (Å²) in [5.41, 5.74) is -0.136. The standard InChI is InChI=1S/C18H20ClFN4OS/c1-6-24(5)10-22-14-7-11(2)15(8-13(14)19)25-17-12(9-21)16(23-26-17)18(3,4)20/h7-8,10H,6H2,1-5H3/b22-10-. The Balaban J connectivity index is 2.35. The van der Waals surface area contributed by atoms with Crippen molar-refractivity contribution in [3.8, 4) is 16.9 Å². The molecular weight excluding hydrogens is 375 g/mol. The molecule has 2 rings (SSSR count). The predicted molar refractivity (Wildman–Crippen MR) is 104 cm³/mol. The minimum Gasteiger partial charge on any atom is -0.443 e. The maximum absolute atomic E-state index is 14.2. The van der Waals surface area contributed by atoms with Crippen molar-refractivity contribution < 1.29 is 9.13 Å². The molecule has 0 saturated carbocycles. The normalized spacial score (nSPS) is 11.6. The van der Waals surface area contributed by atoms with Crippen molar-refractivity contribution in [2.45, 2.75) is 33.4 Å². The van der Waals surface area contributed by atoms with Gasteiger partial charge in [0, 0.05) is 31.2 Å². The molecule has 0 aliphatic heterocycles. The zero-order valence-corrected chi connectivity index (χ0v) is 16.9. The molecule has 0 bridgehead atoms. The van der Waals surface area contributed by atoms with Gasteiger partial charge in [-0.2, -0.15) is 9.64 Å². The molecule has 1 aromatic heterocycles. The number of benzene rings is 1. The van der Waals surface area contributed by atoms with Crippen LogP contribution < -0.4 is 4.74 Å². The van der Waals surface area contributed by atoms with E-state index in [1.165, 1.54) is 13.8 Å². The molecule has 0 amide bonds. The molecule has 2 aromatic rings. The van der Waals surface area contributed by atoms with Crippen LogP contribution >= 0.6 is 23.1 Å². The van der Waals surface area contributed by atoms with Gasteiger partial charge in [0.25, 0.3) is 0 Å². The smallest absolute Gasteiger partial charge is 0.218 e. The molecular formula is C18H20ClFN4OS. The van der Waals surface area contributed by atoms with E-state index in [2.05, 4.69) is 9.37 Å². The summed E-state index contributed by atoms with van der Waals surface area (Å²) in [4.78, 5) is 6.28. The van der Waals surface area contributed by atoms with Gasteiger partial charge in [-0.3, -0.25) is 0 Å². The zero-order valence-electron chi connectivity index (χ0n) is 15.3. The first-order chi connectivity index (χ1) is 12.2. The second kappa shape index (κ2) is 8.02. The van der Waals surface area contributed by atoms with Crippen LogP contribution in [0.2, 0.25) is 5.02 Å². The third kappa shape index (κ3) is 4.51. The van der Waals surface area contributed by atoms with Crippen LogP contribution in [0, 0.1) is 18.3 Å². The first-order valence-electron chi connectivity index (χ1n) is 7.99. The van der Waals surface area contributed by atoms with E-state index in [-0.39, 0.29) is 16.3 Å². The van der Waals surface area contributed by atoms with E-state index in [1.54, 1.807) is 18.5 Å². The van der Waals surface area contributed by atoms with Crippen molar-refractivity contribution in [3.63, 3.8) is 0 Å². The van der Waals surface area contributed by atoms with E-state index in [1.807, 2.05) is 31.9 Å². The molecule has 0 aliphatic carbocycles. The largest absolute Gasteiger partial charge is 0.443 e. The second-order valence-corrected chi connectivity index (χ2v) is 7.41. The summed E-state index contributed by atoms with van der Waals surface area (Å²) in [5, 5.41) is 10.0. The molecule has 26 heavy (non-hydrogen) atoms. The van der Waals surface area contributed by atoms with E-state index >= 15 is 0 Å². The van der Waals surface area contributed by atoms with Gasteiger partial charge in [0.05, 0.1) is 17.0 Å². The molecule has 0 saturated heterocycles. The average Bonchev–Trinajstić information content (AvgIpc) is 2.99. The summed E-state index contributed by atoms with van der Waals surface area (Å²) < 4.78 is 24.0. The van der Waals surface area contributed by atoms with Gasteiger partial charge in [-0.25, -0.2) is 9.38 Å². The van der Waals surface area contributed by atoms with Crippen LogP contribution in [0.5, 0.6) is 10.8 Å². The lowest BCUT2D eigenvalue weighted by atomic mass is 10.0. The number of alkyl halides is 1. The molecule has 1 heterocycles. The maximum Gasteiger partial charge on any atom is 0.218 e. The monoisotopic (exact) mass is 394 g/mol. The van der Waals surface area contributed by atoms with Crippen molar-refractivity contribution in [3.05, 3.63) is 34.0 Å². The first-order valence-corrected chi connectivity index (χ1v) is 9.14. The van der Waals surface area contributed by atoms with E-state index < -0.39 is 5.67 Å².